The number of benzene rings is 1. The van der Waals surface area contributed by atoms with Crippen molar-refractivity contribution in [2.75, 3.05) is 32.8 Å². The van der Waals surface area contributed by atoms with E-state index in [1.54, 1.807) is 23.5 Å². The fraction of sp³-hybridized carbons (Fsp3) is 0.417. The number of rotatable bonds is 7. The number of nitrogens with one attached hydrogen (secondary N) is 1. The maximum atomic E-state index is 13.4. The number of carbonyl (C=O) groups excluding carboxylic acids is 1. The summed E-state index contributed by atoms with van der Waals surface area (Å²) in [5.41, 5.74) is 5.07. The first-order valence-electron chi connectivity index (χ1n) is 10.9. The summed E-state index contributed by atoms with van der Waals surface area (Å²) in [6, 6.07) is 8.60. The number of morpholine rings is 1. The number of nitrogens with zero attached hydrogens (tertiary/aromatic N) is 3. The third kappa shape index (κ3) is 5.09. The Hall–Kier alpha value is -2.55. The van der Waals surface area contributed by atoms with E-state index < -0.39 is 0 Å². The van der Waals surface area contributed by atoms with E-state index in [1.807, 2.05) is 25.3 Å². The average Bonchev–Trinajstić information content (AvgIpc) is 3.34. The lowest BCUT2D eigenvalue weighted by molar-refractivity contribution is -0.122. The molecule has 3 heterocycles. The molecule has 1 saturated heterocycles. The summed E-state index contributed by atoms with van der Waals surface area (Å²) in [5.74, 6) is -0.309. The lowest BCUT2D eigenvalue weighted by atomic mass is 10.0. The zero-order valence-electron chi connectivity index (χ0n) is 18.7. The van der Waals surface area contributed by atoms with Crippen LogP contribution in [0.3, 0.4) is 0 Å². The van der Waals surface area contributed by atoms with Gasteiger partial charge in [0.1, 0.15) is 12.4 Å². The van der Waals surface area contributed by atoms with Crippen LogP contribution in [-0.4, -0.2) is 53.2 Å². The van der Waals surface area contributed by atoms with Crippen molar-refractivity contribution < 1.29 is 13.9 Å². The molecular formula is C24H29FN4O2S. The second-order valence-electron chi connectivity index (χ2n) is 8.14. The van der Waals surface area contributed by atoms with E-state index in [9.17, 15) is 9.18 Å². The number of carbonyl (C=O) groups is 1. The van der Waals surface area contributed by atoms with Gasteiger partial charge in [-0.1, -0.05) is 12.1 Å². The standard InChI is InChI=1S/C24H29FN4O2S/c1-16-12-21(22-15-32-18(3)27-22)17(2)29(16)14-24(30)26-13-23(28-8-10-31-11-9-28)19-4-6-20(25)7-5-19/h4-7,12,15,23H,8-11,13-14H2,1-3H3,(H,26,30)/t23-/m0/s1. The molecule has 0 saturated carbocycles. The molecule has 0 bridgehead atoms. The van der Waals surface area contributed by atoms with Gasteiger partial charge in [-0.3, -0.25) is 9.69 Å². The van der Waals surface area contributed by atoms with E-state index in [2.05, 4.69) is 26.6 Å². The van der Waals surface area contributed by atoms with Crippen LogP contribution in [0.2, 0.25) is 0 Å². The van der Waals surface area contributed by atoms with Crippen molar-refractivity contribution in [1.82, 2.24) is 19.8 Å². The number of hydrogen-bond donors (Lipinski definition) is 1. The number of hydrogen-bond acceptors (Lipinski definition) is 5. The number of thiazole rings is 1. The molecule has 1 aliphatic rings. The van der Waals surface area contributed by atoms with Gasteiger partial charge in [0.25, 0.3) is 0 Å². The van der Waals surface area contributed by atoms with E-state index in [1.165, 1.54) is 12.1 Å². The Labute approximate surface area is 192 Å². The van der Waals surface area contributed by atoms with Crippen molar-refractivity contribution >= 4 is 17.2 Å². The summed E-state index contributed by atoms with van der Waals surface area (Å²) in [4.78, 5) is 19.8. The predicted octanol–water partition coefficient (Wildman–Crippen LogP) is 3.87. The lowest BCUT2D eigenvalue weighted by Crippen LogP contribution is -2.44. The minimum Gasteiger partial charge on any atom is -0.379 e. The van der Waals surface area contributed by atoms with Crippen molar-refractivity contribution in [3.05, 3.63) is 63.5 Å². The Morgan fingerprint density at radius 2 is 1.94 bits per heavy atom. The molecule has 1 aliphatic heterocycles. The first-order chi connectivity index (χ1) is 15.4. The van der Waals surface area contributed by atoms with Crippen molar-refractivity contribution in [2.24, 2.45) is 0 Å². The summed E-state index contributed by atoms with van der Waals surface area (Å²) in [7, 11) is 0. The van der Waals surface area contributed by atoms with Gasteiger partial charge in [-0.2, -0.15) is 0 Å². The molecule has 1 atom stereocenters. The number of aromatic nitrogens is 2. The Bertz CT molecular complexity index is 1070. The van der Waals surface area contributed by atoms with E-state index in [-0.39, 0.29) is 24.3 Å². The highest BCUT2D eigenvalue weighted by atomic mass is 32.1. The minimum absolute atomic E-state index is 0.0242. The molecule has 4 rings (SSSR count). The second kappa shape index (κ2) is 9.94. The molecule has 170 valence electrons. The molecule has 1 N–H and O–H groups in total. The van der Waals surface area contributed by atoms with Gasteiger partial charge in [-0.25, -0.2) is 9.37 Å². The summed E-state index contributed by atoms with van der Waals surface area (Å²) >= 11 is 1.62. The monoisotopic (exact) mass is 456 g/mol. The largest absolute Gasteiger partial charge is 0.379 e. The summed E-state index contributed by atoms with van der Waals surface area (Å²) < 4.78 is 20.9. The third-order valence-electron chi connectivity index (χ3n) is 6.00. The van der Waals surface area contributed by atoms with Crippen LogP contribution >= 0.6 is 11.3 Å². The Morgan fingerprint density at radius 1 is 1.22 bits per heavy atom. The average molecular weight is 457 g/mol. The first kappa shape index (κ1) is 22.6. The fourth-order valence-corrected chi connectivity index (χ4v) is 4.85. The zero-order chi connectivity index (χ0) is 22.7. The molecule has 1 fully saturated rings. The van der Waals surface area contributed by atoms with Gasteiger partial charge >= 0.3 is 0 Å². The number of halogens is 1. The van der Waals surface area contributed by atoms with E-state index in [0.29, 0.717) is 19.8 Å². The van der Waals surface area contributed by atoms with Crippen LogP contribution in [0.25, 0.3) is 11.3 Å². The molecule has 8 heteroatoms. The highest BCUT2D eigenvalue weighted by Crippen LogP contribution is 2.28. The molecule has 1 aromatic carbocycles. The van der Waals surface area contributed by atoms with Gasteiger partial charge in [-0.15, -0.1) is 11.3 Å². The number of ether oxygens (including phenoxy) is 1. The fourth-order valence-electron chi connectivity index (χ4n) is 4.23. The van der Waals surface area contributed by atoms with Gasteiger partial charge in [0.2, 0.25) is 5.91 Å². The number of aryl methyl sites for hydroxylation is 2. The van der Waals surface area contributed by atoms with Crippen molar-refractivity contribution in [3.63, 3.8) is 0 Å². The summed E-state index contributed by atoms with van der Waals surface area (Å²) in [5, 5.41) is 6.18. The zero-order valence-corrected chi connectivity index (χ0v) is 19.5. The topological polar surface area (TPSA) is 59.4 Å². The smallest absolute Gasteiger partial charge is 0.240 e. The number of amides is 1. The molecule has 0 spiro atoms. The van der Waals surface area contributed by atoms with Crippen LogP contribution in [-0.2, 0) is 16.1 Å². The van der Waals surface area contributed by atoms with E-state index in [4.69, 9.17) is 4.74 Å². The highest BCUT2D eigenvalue weighted by Gasteiger charge is 2.24. The normalized spacial score (nSPS) is 15.6. The molecule has 3 aromatic rings. The van der Waals surface area contributed by atoms with Gasteiger partial charge in [0.15, 0.2) is 0 Å². The Morgan fingerprint density at radius 3 is 2.59 bits per heavy atom. The molecular weight excluding hydrogens is 427 g/mol. The van der Waals surface area contributed by atoms with Crippen molar-refractivity contribution in [1.29, 1.82) is 0 Å². The molecule has 0 radical (unpaired) electrons. The van der Waals surface area contributed by atoms with Gasteiger partial charge in [-0.05, 0) is 44.5 Å². The van der Waals surface area contributed by atoms with E-state index in [0.717, 1.165) is 46.3 Å². The first-order valence-corrected chi connectivity index (χ1v) is 11.7. The van der Waals surface area contributed by atoms with Gasteiger partial charge < -0.3 is 14.6 Å². The molecule has 6 nitrogen and oxygen atoms in total. The SMILES string of the molecule is Cc1nc(-c2cc(C)n(CC(=O)NC[C@@H](c3ccc(F)cc3)N3CCOCC3)c2C)cs1. The summed E-state index contributed by atoms with van der Waals surface area (Å²) in [6.07, 6.45) is 0. The Balaban J connectivity index is 1.45. The molecule has 0 unspecified atom stereocenters. The molecule has 1 amide bonds. The second-order valence-corrected chi connectivity index (χ2v) is 9.20. The van der Waals surface area contributed by atoms with Gasteiger partial charge in [0.05, 0.1) is 30.0 Å². The minimum atomic E-state index is -0.261. The van der Waals surface area contributed by atoms with Crippen LogP contribution in [0.5, 0.6) is 0 Å². The molecule has 32 heavy (non-hydrogen) atoms. The van der Waals surface area contributed by atoms with Crippen molar-refractivity contribution in [3.8, 4) is 11.3 Å². The maximum Gasteiger partial charge on any atom is 0.240 e. The highest BCUT2D eigenvalue weighted by molar-refractivity contribution is 7.09. The van der Waals surface area contributed by atoms with Crippen LogP contribution in [0, 0.1) is 26.6 Å². The van der Waals surface area contributed by atoms with Crippen LogP contribution in [0.15, 0.2) is 35.7 Å². The molecule has 2 aromatic heterocycles. The third-order valence-corrected chi connectivity index (χ3v) is 6.78. The quantitative estimate of drug-likeness (QED) is 0.587. The molecule has 0 aliphatic carbocycles. The predicted molar refractivity (Wildman–Crippen MR) is 124 cm³/mol. The Kier molecular flexibility index (Phi) is 7.03. The van der Waals surface area contributed by atoms with Crippen LogP contribution < -0.4 is 5.32 Å². The van der Waals surface area contributed by atoms with Crippen molar-refractivity contribution in [2.45, 2.75) is 33.4 Å². The van der Waals surface area contributed by atoms with Crippen LogP contribution in [0.4, 0.5) is 4.39 Å². The van der Waals surface area contributed by atoms with Crippen LogP contribution in [0.1, 0.15) is 28.0 Å². The lowest BCUT2D eigenvalue weighted by Gasteiger charge is -2.35. The summed E-state index contributed by atoms with van der Waals surface area (Å²) in [6.45, 7) is 9.62. The van der Waals surface area contributed by atoms with Gasteiger partial charge in [0, 0.05) is 42.0 Å². The maximum absolute atomic E-state index is 13.4. The van der Waals surface area contributed by atoms with E-state index >= 15 is 0 Å².